The summed E-state index contributed by atoms with van der Waals surface area (Å²) in [5.74, 6) is -0.256. The smallest absolute Gasteiger partial charge is 0.338 e. The predicted octanol–water partition coefficient (Wildman–Crippen LogP) is 5.48. The zero-order valence-corrected chi connectivity index (χ0v) is 21.0. The van der Waals surface area contributed by atoms with Crippen LogP contribution in [-0.2, 0) is 14.7 Å². The Hall–Kier alpha value is -1.71. The molecule has 0 aliphatic carbocycles. The van der Waals surface area contributed by atoms with Crippen molar-refractivity contribution in [3.05, 3.63) is 42.0 Å². The van der Waals surface area contributed by atoms with E-state index in [-0.39, 0.29) is 12.1 Å². The van der Waals surface area contributed by atoms with Crippen molar-refractivity contribution in [2.24, 2.45) is 0 Å². The second-order valence-corrected chi connectivity index (χ2v) is 12.6. The van der Waals surface area contributed by atoms with E-state index in [0.717, 1.165) is 15.8 Å². The number of esters is 2. The van der Waals surface area contributed by atoms with Gasteiger partial charge in [0.25, 0.3) is 0 Å². The number of halogens is 1. The summed E-state index contributed by atoms with van der Waals surface area (Å²) in [5.41, 5.74) is -0.752. The quantitative estimate of drug-likeness (QED) is 0.223. The number of hydrogen-bond acceptors (Lipinski definition) is 5. The van der Waals surface area contributed by atoms with Crippen LogP contribution in [0.15, 0.2) is 36.4 Å². The normalized spacial score (nSPS) is 19.2. The first-order chi connectivity index (χ1) is 14.2. The summed E-state index contributed by atoms with van der Waals surface area (Å²) in [4.78, 5) is 24.9. The lowest BCUT2D eigenvalue weighted by Gasteiger charge is -2.49. The van der Waals surface area contributed by atoms with E-state index in [4.69, 9.17) is 9.47 Å². The molecule has 3 rings (SSSR count). The molecule has 0 N–H and O–H groups in total. The lowest BCUT2D eigenvalue weighted by Crippen LogP contribution is -2.60. The lowest BCUT2D eigenvalue weighted by atomic mass is 9.80. The summed E-state index contributed by atoms with van der Waals surface area (Å²) in [7, 11) is 0. The van der Waals surface area contributed by atoms with Crippen LogP contribution < -0.4 is 4.74 Å². The maximum Gasteiger partial charge on any atom is 0.338 e. The molecule has 2 aromatic rings. The zero-order valence-electron chi connectivity index (χ0n) is 18.8. The fourth-order valence-corrected chi connectivity index (χ4v) is 4.23. The van der Waals surface area contributed by atoms with Gasteiger partial charge in [0, 0.05) is 23.9 Å². The molecule has 0 bridgehead atoms. The molecule has 1 saturated heterocycles. The van der Waals surface area contributed by atoms with Gasteiger partial charge in [-0.05, 0) is 76.6 Å². The van der Waals surface area contributed by atoms with Gasteiger partial charge in [0.05, 0.1) is 5.56 Å². The van der Waals surface area contributed by atoms with Crippen LogP contribution in [0.4, 0.5) is 0 Å². The maximum atomic E-state index is 12.8. The van der Waals surface area contributed by atoms with Gasteiger partial charge in [0.15, 0.2) is 0 Å². The van der Waals surface area contributed by atoms with Crippen molar-refractivity contribution in [2.45, 2.75) is 75.0 Å². The standard InChI is InChI=1S/C24H29INO5/c1-22(2)13-19(14-23(3,4)26(22)29)30-20(27)17-8-7-16-12-18(10-9-15(16)11-17)31-21(28)24(5,6)25/h7-12,19H,13-14H2,1-6H3. The largest absolute Gasteiger partial charge is 0.459 e. The monoisotopic (exact) mass is 538 g/mol. The molecule has 0 aromatic heterocycles. The second kappa shape index (κ2) is 8.33. The average Bonchev–Trinajstić information content (AvgIpc) is 2.64. The van der Waals surface area contributed by atoms with Crippen LogP contribution in [0, 0.1) is 0 Å². The van der Waals surface area contributed by atoms with Gasteiger partial charge in [-0.3, -0.25) is 4.79 Å². The first-order valence-corrected chi connectivity index (χ1v) is 11.4. The summed E-state index contributed by atoms with van der Waals surface area (Å²) in [6.07, 6.45) is 0.652. The molecule has 31 heavy (non-hydrogen) atoms. The number of rotatable bonds is 4. The predicted molar refractivity (Wildman–Crippen MR) is 127 cm³/mol. The van der Waals surface area contributed by atoms with Crippen LogP contribution in [0.3, 0.4) is 0 Å². The summed E-state index contributed by atoms with van der Waals surface area (Å²) < 4.78 is 10.6. The van der Waals surface area contributed by atoms with E-state index < -0.39 is 20.5 Å². The third-order valence-corrected chi connectivity index (χ3v) is 6.01. The van der Waals surface area contributed by atoms with Gasteiger partial charge in [-0.2, -0.15) is 0 Å². The topological polar surface area (TPSA) is 75.7 Å². The number of benzene rings is 2. The van der Waals surface area contributed by atoms with Crippen molar-refractivity contribution >= 4 is 45.3 Å². The van der Waals surface area contributed by atoms with E-state index in [9.17, 15) is 14.8 Å². The number of hydrogen-bond donors (Lipinski definition) is 0. The number of alkyl halides is 1. The molecule has 7 heteroatoms. The maximum absolute atomic E-state index is 12.8. The molecule has 0 unspecified atom stereocenters. The Labute approximate surface area is 197 Å². The van der Waals surface area contributed by atoms with E-state index >= 15 is 0 Å². The molecule has 2 aromatic carbocycles. The molecule has 0 saturated carbocycles. The Morgan fingerprint density at radius 1 is 1.00 bits per heavy atom. The van der Waals surface area contributed by atoms with Crippen LogP contribution in [0.2, 0.25) is 0 Å². The van der Waals surface area contributed by atoms with E-state index in [1.54, 1.807) is 38.1 Å². The van der Waals surface area contributed by atoms with Crippen molar-refractivity contribution < 1.29 is 24.3 Å². The van der Waals surface area contributed by atoms with E-state index in [2.05, 4.69) is 0 Å². The third kappa shape index (κ3) is 5.38. The molecule has 1 fully saturated rings. The highest BCUT2D eigenvalue weighted by molar-refractivity contribution is 14.1. The summed E-state index contributed by atoms with van der Waals surface area (Å²) in [5, 5.41) is 15.3. The molecular formula is C24H29INO5. The molecule has 1 radical (unpaired) electrons. The fraction of sp³-hybridized carbons (Fsp3) is 0.500. The van der Waals surface area contributed by atoms with Crippen LogP contribution in [0.5, 0.6) is 5.75 Å². The van der Waals surface area contributed by atoms with Crippen LogP contribution in [0.1, 0.15) is 64.7 Å². The highest BCUT2D eigenvalue weighted by Crippen LogP contribution is 2.38. The van der Waals surface area contributed by atoms with Gasteiger partial charge < -0.3 is 9.47 Å². The molecule has 1 aliphatic heterocycles. The molecular weight excluding hydrogens is 509 g/mol. The number of ether oxygens (including phenoxy) is 2. The highest BCUT2D eigenvalue weighted by atomic mass is 127. The van der Waals surface area contributed by atoms with Crippen molar-refractivity contribution in [1.29, 1.82) is 0 Å². The van der Waals surface area contributed by atoms with Gasteiger partial charge in [-0.1, -0.05) is 34.7 Å². The van der Waals surface area contributed by atoms with Gasteiger partial charge in [-0.15, -0.1) is 10.3 Å². The van der Waals surface area contributed by atoms with E-state index in [0.29, 0.717) is 24.2 Å². The minimum atomic E-state index is -0.619. The van der Waals surface area contributed by atoms with Gasteiger partial charge in [-0.25, -0.2) is 4.79 Å². The van der Waals surface area contributed by atoms with Crippen LogP contribution >= 0.6 is 22.6 Å². The molecule has 1 heterocycles. The van der Waals surface area contributed by atoms with E-state index in [1.807, 2.05) is 62.4 Å². The number of fused-ring (bicyclic) bond motifs is 1. The number of carbonyl (C=O) groups is 2. The van der Waals surface area contributed by atoms with Crippen molar-refractivity contribution in [3.8, 4) is 5.75 Å². The Morgan fingerprint density at radius 3 is 2.13 bits per heavy atom. The Morgan fingerprint density at radius 2 is 1.55 bits per heavy atom. The van der Waals surface area contributed by atoms with Crippen molar-refractivity contribution in [2.75, 3.05) is 0 Å². The summed E-state index contributed by atoms with van der Waals surface area (Å²) in [6.45, 7) is 11.1. The van der Waals surface area contributed by atoms with Crippen LogP contribution in [-0.4, -0.2) is 37.6 Å². The third-order valence-electron chi connectivity index (χ3n) is 5.57. The molecule has 1 aliphatic rings. The number of carbonyl (C=O) groups excluding carboxylic acids is 2. The first-order valence-electron chi connectivity index (χ1n) is 10.3. The molecule has 0 atom stereocenters. The Balaban J connectivity index is 1.75. The van der Waals surface area contributed by atoms with Crippen molar-refractivity contribution in [1.82, 2.24) is 5.06 Å². The van der Waals surface area contributed by atoms with Crippen molar-refractivity contribution in [3.63, 3.8) is 0 Å². The van der Waals surface area contributed by atoms with Gasteiger partial charge in [0.2, 0.25) is 0 Å². The van der Waals surface area contributed by atoms with E-state index in [1.165, 1.54) is 0 Å². The average molecular weight is 538 g/mol. The SMILES string of the molecule is CC(C)(I)C(=O)Oc1ccc2cc(C(=O)OC3CC(C)(C)N([O])C(C)(C)C3)ccc2c1. The summed E-state index contributed by atoms with van der Waals surface area (Å²) in [6, 6.07) is 10.6. The lowest BCUT2D eigenvalue weighted by molar-refractivity contribution is -0.298. The highest BCUT2D eigenvalue weighted by Gasteiger charge is 2.47. The van der Waals surface area contributed by atoms with Crippen LogP contribution in [0.25, 0.3) is 10.8 Å². The Bertz CT molecular complexity index is 991. The molecule has 0 spiro atoms. The first kappa shape index (κ1) is 23.9. The molecule has 0 amide bonds. The minimum Gasteiger partial charge on any atom is -0.459 e. The molecule has 167 valence electrons. The molecule has 6 nitrogen and oxygen atoms in total. The van der Waals surface area contributed by atoms with Gasteiger partial charge in [0.1, 0.15) is 15.3 Å². The zero-order chi connectivity index (χ0) is 23.2. The summed E-state index contributed by atoms with van der Waals surface area (Å²) >= 11 is 2.04. The van der Waals surface area contributed by atoms with Gasteiger partial charge >= 0.3 is 11.9 Å². The number of hydroxylamine groups is 2. The number of piperidine rings is 1. The number of nitrogens with zero attached hydrogens (tertiary/aromatic N) is 1. The minimum absolute atomic E-state index is 0.317. The fourth-order valence-electron chi connectivity index (χ4n) is 4.12. The second-order valence-electron chi connectivity index (χ2n) is 9.94. The Kier molecular flexibility index (Phi) is 6.43.